The van der Waals surface area contributed by atoms with Gasteiger partial charge in [0.1, 0.15) is 11.8 Å². The zero-order chi connectivity index (χ0) is 15.1. The van der Waals surface area contributed by atoms with Gasteiger partial charge in [0.05, 0.1) is 0 Å². The molecule has 20 heavy (non-hydrogen) atoms. The molecule has 6 heteroatoms. The van der Waals surface area contributed by atoms with E-state index in [2.05, 4.69) is 21.2 Å². The summed E-state index contributed by atoms with van der Waals surface area (Å²) in [4.78, 5) is 34.3. The van der Waals surface area contributed by atoms with E-state index in [0.29, 0.717) is 12.0 Å². The number of benzene rings is 1. The molecule has 5 nitrogen and oxygen atoms in total. The van der Waals surface area contributed by atoms with Crippen molar-refractivity contribution >= 4 is 33.6 Å². The van der Waals surface area contributed by atoms with Gasteiger partial charge in [0.15, 0.2) is 0 Å². The summed E-state index contributed by atoms with van der Waals surface area (Å²) >= 11 is 3.24. The van der Waals surface area contributed by atoms with Gasteiger partial charge in [0, 0.05) is 22.9 Å². The van der Waals surface area contributed by atoms with Gasteiger partial charge in [-0.25, -0.2) is 4.79 Å². The molecule has 0 aliphatic heterocycles. The molecule has 0 unspecified atom stereocenters. The summed E-state index contributed by atoms with van der Waals surface area (Å²) in [6, 6.07) is 5.60. The van der Waals surface area contributed by atoms with Gasteiger partial charge in [-0.2, -0.15) is 0 Å². The maximum absolute atomic E-state index is 11.9. The second-order valence-corrected chi connectivity index (χ2v) is 5.22. The SMILES string of the molecule is CCC(=O)CC[C@H](NC(=O)c1cccc(Br)c1)C(=O)O. The molecule has 1 rings (SSSR count). The number of carbonyl (C=O) groups excluding carboxylic acids is 2. The van der Waals surface area contributed by atoms with Crippen LogP contribution in [0, 0.1) is 0 Å². The third kappa shape index (κ3) is 5.13. The summed E-state index contributed by atoms with van der Waals surface area (Å²) in [5.41, 5.74) is 0.368. The van der Waals surface area contributed by atoms with Crippen molar-refractivity contribution in [1.29, 1.82) is 0 Å². The quantitative estimate of drug-likeness (QED) is 0.797. The molecule has 1 aromatic rings. The standard InChI is InChI=1S/C14H16BrNO4/c1-2-11(17)6-7-12(14(19)20)16-13(18)9-4-3-5-10(15)8-9/h3-5,8,12H,2,6-7H2,1H3,(H,16,18)(H,19,20)/t12-/m0/s1. The van der Waals surface area contributed by atoms with Crippen LogP contribution in [-0.2, 0) is 9.59 Å². The minimum atomic E-state index is -1.14. The number of Topliss-reactive ketones (excluding diaryl/α,β-unsaturated/α-hetero) is 1. The third-order valence-corrected chi connectivity index (χ3v) is 3.29. The number of carbonyl (C=O) groups is 3. The fourth-order valence-electron chi connectivity index (χ4n) is 1.61. The van der Waals surface area contributed by atoms with E-state index >= 15 is 0 Å². The average Bonchev–Trinajstić information content (AvgIpc) is 2.42. The molecule has 0 spiro atoms. The van der Waals surface area contributed by atoms with Crippen molar-refractivity contribution < 1.29 is 19.5 Å². The molecule has 0 bridgehead atoms. The zero-order valence-electron chi connectivity index (χ0n) is 11.1. The van der Waals surface area contributed by atoms with Gasteiger partial charge < -0.3 is 10.4 Å². The number of aliphatic carboxylic acids is 1. The fourth-order valence-corrected chi connectivity index (χ4v) is 2.01. The average molecular weight is 342 g/mol. The summed E-state index contributed by atoms with van der Waals surface area (Å²) < 4.78 is 0.734. The highest BCUT2D eigenvalue weighted by Crippen LogP contribution is 2.12. The van der Waals surface area contributed by atoms with Crippen molar-refractivity contribution in [3.63, 3.8) is 0 Å². The lowest BCUT2D eigenvalue weighted by Gasteiger charge is -2.14. The normalized spacial score (nSPS) is 11.7. The number of hydrogen-bond acceptors (Lipinski definition) is 3. The van der Waals surface area contributed by atoms with E-state index in [-0.39, 0.29) is 18.6 Å². The molecule has 0 radical (unpaired) electrons. The van der Waals surface area contributed by atoms with Crippen molar-refractivity contribution in [3.05, 3.63) is 34.3 Å². The van der Waals surface area contributed by atoms with Crippen molar-refractivity contribution in [2.24, 2.45) is 0 Å². The van der Waals surface area contributed by atoms with Gasteiger partial charge in [-0.05, 0) is 24.6 Å². The molecule has 2 N–H and O–H groups in total. The van der Waals surface area contributed by atoms with Crippen LogP contribution in [0.4, 0.5) is 0 Å². The summed E-state index contributed by atoms with van der Waals surface area (Å²) in [7, 11) is 0. The lowest BCUT2D eigenvalue weighted by atomic mass is 10.1. The maximum atomic E-state index is 11.9. The summed E-state index contributed by atoms with van der Waals surface area (Å²) in [6.45, 7) is 1.72. The molecule has 0 heterocycles. The Morgan fingerprint density at radius 3 is 2.60 bits per heavy atom. The van der Waals surface area contributed by atoms with Crippen molar-refractivity contribution in [1.82, 2.24) is 5.32 Å². The zero-order valence-corrected chi connectivity index (χ0v) is 12.6. The minimum Gasteiger partial charge on any atom is -0.480 e. The van der Waals surface area contributed by atoms with E-state index in [4.69, 9.17) is 5.11 Å². The molecule has 0 saturated heterocycles. The number of carboxylic acid groups (broad SMARTS) is 1. The first-order valence-electron chi connectivity index (χ1n) is 6.25. The van der Waals surface area contributed by atoms with Gasteiger partial charge in [-0.15, -0.1) is 0 Å². The molecule has 0 saturated carbocycles. The van der Waals surface area contributed by atoms with Crippen molar-refractivity contribution in [2.45, 2.75) is 32.2 Å². The molecule has 0 aliphatic rings. The predicted octanol–water partition coefficient (Wildman–Crippen LogP) is 2.39. The van der Waals surface area contributed by atoms with Crippen molar-refractivity contribution in [3.8, 4) is 0 Å². The smallest absolute Gasteiger partial charge is 0.326 e. The lowest BCUT2D eigenvalue weighted by Crippen LogP contribution is -2.41. The Hall–Kier alpha value is -1.69. The van der Waals surface area contributed by atoms with Gasteiger partial charge in [-0.1, -0.05) is 28.9 Å². The lowest BCUT2D eigenvalue weighted by molar-refractivity contribution is -0.139. The maximum Gasteiger partial charge on any atom is 0.326 e. The molecular weight excluding hydrogens is 326 g/mol. The Kier molecular flexibility index (Phi) is 6.38. The Morgan fingerprint density at radius 1 is 1.35 bits per heavy atom. The number of nitrogens with one attached hydrogen (secondary N) is 1. The third-order valence-electron chi connectivity index (χ3n) is 2.80. The van der Waals surface area contributed by atoms with E-state index in [0.717, 1.165) is 4.47 Å². The highest BCUT2D eigenvalue weighted by atomic mass is 79.9. The van der Waals surface area contributed by atoms with Gasteiger partial charge >= 0.3 is 5.97 Å². The Balaban J connectivity index is 2.68. The number of halogens is 1. The summed E-state index contributed by atoms with van der Waals surface area (Å²) in [6.07, 6.45) is 0.611. The number of rotatable bonds is 7. The Bertz CT molecular complexity index is 516. The molecule has 1 atom stereocenters. The van der Waals surface area contributed by atoms with Crippen molar-refractivity contribution in [2.75, 3.05) is 0 Å². The first-order chi connectivity index (χ1) is 9.43. The highest BCUT2D eigenvalue weighted by molar-refractivity contribution is 9.10. The van der Waals surface area contributed by atoms with E-state index in [1.807, 2.05) is 0 Å². The number of hydrogen-bond donors (Lipinski definition) is 2. The first-order valence-corrected chi connectivity index (χ1v) is 7.04. The molecule has 1 amide bonds. The van der Waals surface area contributed by atoms with E-state index < -0.39 is 17.9 Å². The van der Waals surface area contributed by atoms with Crippen LogP contribution in [-0.4, -0.2) is 28.8 Å². The van der Waals surface area contributed by atoms with Crippen LogP contribution in [0.15, 0.2) is 28.7 Å². The first kappa shape index (κ1) is 16.4. The number of ketones is 1. The second kappa shape index (κ2) is 7.79. The van der Waals surface area contributed by atoms with Crippen LogP contribution >= 0.6 is 15.9 Å². The van der Waals surface area contributed by atoms with E-state index in [1.165, 1.54) is 0 Å². The Labute approximate surface area is 125 Å². The molecular formula is C14H16BrNO4. The minimum absolute atomic E-state index is 0.0204. The topological polar surface area (TPSA) is 83.5 Å². The van der Waals surface area contributed by atoms with E-state index in [9.17, 15) is 14.4 Å². The molecule has 0 fully saturated rings. The number of amides is 1. The van der Waals surface area contributed by atoms with Gasteiger partial charge in [-0.3, -0.25) is 9.59 Å². The van der Waals surface area contributed by atoms with Crippen LogP contribution in [0.5, 0.6) is 0 Å². The van der Waals surface area contributed by atoms with Gasteiger partial charge in [0.25, 0.3) is 5.91 Å². The van der Waals surface area contributed by atoms with Crippen LogP contribution in [0.1, 0.15) is 36.5 Å². The number of carboxylic acids is 1. The van der Waals surface area contributed by atoms with E-state index in [1.54, 1.807) is 31.2 Å². The van der Waals surface area contributed by atoms with Crippen LogP contribution < -0.4 is 5.32 Å². The molecule has 0 aromatic heterocycles. The summed E-state index contributed by atoms with van der Waals surface area (Å²) in [5, 5.41) is 11.5. The van der Waals surface area contributed by atoms with Crippen LogP contribution in [0.3, 0.4) is 0 Å². The second-order valence-electron chi connectivity index (χ2n) is 4.31. The van der Waals surface area contributed by atoms with Crippen LogP contribution in [0.2, 0.25) is 0 Å². The van der Waals surface area contributed by atoms with Crippen LogP contribution in [0.25, 0.3) is 0 Å². The fraction of sp³-hybridized carbons (Fsp3) is 0.357. The predicted molar refractivity (Wildman–Crippen MR) is 77.6 cm³/mol. The highest BCUT2D eigenvalue weighted by Gasteiger charge is 2.21. The summed E-state index contributed by atoms with van der Waals surface area (Å²) in [5.74, 6) is -1.63. The molecule has 1 aromatic carbocycles. The monoisotopic (exact) mass is 341 g/mol. The largest absolute Gasteiger partial charge is 0.480 e. The molecule has 108 valence electrons. The molecule has 0 aliphatic carbocycles. The van der Waals surface area contributed by atoms with Gasteiger partial charge in [0.2, 0.25) is 0 Å². The Morgan fingerprint density at radius 2 is 2.05 bits per heavy atom.